The maximum atomic E-state index is 4.47. The highest BCUT2D eigenvalue weighted by atomic mass is 15.1. The number of pyridine rings is 1. The molecule has 4 heteroatoms. The average Bonchev–Trinajstić information content (AvgIpc) is 3.31. The molecule has 1 aliphatic carbocycles. The lowest BCUT2D eigenvalue weighted by atomic mass is 9.97. The molecule has 1 aromatic carbocycles. The van der Waals surface area contributed by atoms with Gasteiger partial charge in [-0.3, -0.25) is 5.10 Å². The van der Waals surface area contributed by atoms with Gasteiger partial charge in [-0.15, -0.1) is 0 Å². The third-order valence-electron chi connectivity index (χ3n) is 5.06. The van der Waals surface area contributed by atoms with Crippen LogP contribution in [0.25, 0.3) is 11.1 Å². The van der Waals surface area contributed by atoms with Gasteiger partial charge in [0.2, 0.25) is 0 Å². The molecule has 0 aliphatic heterocycles. The van der Waals surface area contributed by atoms with Gasteiger partial charge in [0.1, 0.15) is 5.82 Å². The average molecular weight is 332 g/mol. The summed E-state index contributed by atoms with van der Waals surface area (Å²) in [5, 5.41) is 11.0. The normalized spacial score (nSPS) is 14.8. The van der Waals surface area contributed by atoms with E-state index < -0.39 is 0 Å². The largest absolute Gasteiger partial charge is 0.366 e. The summed E-state index contributed by atoms with van der Waals surface area (Å²) < 4.78 is 0. The number of aromatic nitrogens is 3. The van der Waals surface area contributed by atoms with Crippen LogP contribution in [-0.4, -0.2) is 15.2 Å². The molecule has 3 aromatic rings. The minimum Gasteiger partial charge on any atom is -0.366 e. The van der Waals surface area contributed by atoms with E-state index in [0.717, 1.165) is 12.4 Å². The van der Waals surface area contributed by atoms with E-state index in [-0.39, 0.29) is 0 Å². The molecule has 2 aromatic heterocycles. The molecule has 0 unspecified atom stereocenters. The van der Waals surface area contributed by atoms with Gasteiger partial charge in [0.05, 0.1) is 6.20 Å². The van der Waals surface area contributed by atoms with Crippen LogP contribution >= 0.6 is 0 Å². The molecular formula is C21H24N4. The Morgan fingerprint density at radius 1 is 1.16 bits per heavy atom. The fourth-order valence-electron chi connectivity index (χ4n) is 3.76. The van der Waals surface area contributed by atoms with E-state index >= 15 is 0 Å². The van der Waals surface area contributed by atoms with Gasteiger partial charge < -0.3 is 5.32 Å². The predicted octanol–water partition coefficient (Wildman–Crippen LogP) is 5.05. The van der Waals surface area contributed by atoms with E-state index in [2.05, 4.69) is 63.8 Å². The molecule has 0 amide bonds. The number of hydrogen-bond donors (Lipinski definition) is 2. The SMILES string of the molecule is Cc1cccc(CNc2cc(-c3cn[nH]c3C3CCCC3)ccn2)c1. The molecule has 4 nitrogen and oxygen atoms in total. The molecular weight excluding hydrogens is 308 g/mol. The third-order valence-corrected chi connectivity index (χ3v) is 5.06. The van der Waals surface area contributed by atoms with Crippen molar-refractivity contribution in [3.05, 3.63) is 65.6 Å². The molecule has 0 radical (unpaired) electrons. The summed E-state index contributed by atoms with van der Waals surface area (Å²) in [4.78, 5) is 4.47. The number of nitrogens with one attached hydrogen (secondary N) is 2. The Bertz CT molecular complexity index is 846. The second-order valence-corrected chi connectivity index (χ2v) is 6.95. The van der Waals surface area contributed by atoms with Gasteiger partial charge in [0.15, 0.2) is 0 Å². The third kappa shape index (κ3) is 3.58. The zero-order valence-electron chi connectivity index (χ0n) is 14.6. The summed E-state index contributed by atoms with van der Waals surface area (Å²) in [6, 6.07) is 12.7. The highest BCUT2D eigenvalue weighted by molar-refractivity contribution is 5.68. The number of hydrogen-bond acceptors (Lipinski definition) is 3. The summed E-state index contributed by atoms with van der Waals surface area (Å²) in [6.07, 6.45) is 9.00. The van der Waals surface area contributed by atoms with Crippen molar-refractivity contribution in [1.29, 1.82) is 0 Å². The standard InChI is InChI=1S/C21H24N4/c1-15-5-4-6-16(11-15)13-23-20-12-18(9-10-22-20)19-14-24-25-21(19)17-7-2-3-8-17/h4-6,9-12,14,17H,2-3,7-8,13H2,1H3,(H,22,23)(H,24,25). The lowest BCUT2D eigenvalue weighted by molar-refractivity contribution is 0.694. The summed E-state index contributed by atoms with van der Waals surface area (Å²) in [5.41, 5.74) is 6.22. The number of rotatable bonds is 5. The van der Waals surface area contributed by atoms with E-state index in [4.69, 9.17) is 0 Å². The highest BCUT2D eigenvalue weighted by Gasteiger charge is 2.22. The Kier molecular flexibility index (Phi) is 4.51. The molecule has 2 N–H and O–H groups in total. The summed E-state index contributed by atoms with van der Waals surface area (Å²) in [6.45, 7) is 2.89. The van der Waals surface area contributed by atoms with Crippen molar-refractivity contribution in [3.63, 3.8) is 0 Å². The van der Waals surface area contributed by atoms with E-state index in [9.17, 15) is 0 Å². The smallest absolute Gasteiger partial charge is 0.126 e. The van der Waals surface area contributed by atoms with Crippen molar-refractivity contribution >= 4 is 5.82 Å². The Hall–Kier alpha value is -2.62. The van der Waals surface area contributed by atoms with Gasteiger partial charge in [-0.25, -0.2) is 4.98 Å². The van der Waals surface area contributed by atoms with Crippen molar-refractivity contribution in [2.75, 3.05) is 5.32 Å². The Labute approximate surface area is 148 Å². The lowest BCUT2D eigenvalue weighted by Crippen LogP contribution is -2.02. The van der Waals surface area contributed by atoms with Gasteiger partial charge in [0, 0.05) is 29.9 Å². The van der Waals surface area contributed by atoms with Crippen LogP contribution in [0.2, 0.25) is 0 Å². The first-order valence-electron chi connectivity index (χ1n) is 9.09. The second-order valence-electron chi connectivity index (χ2n) is 6.95. The molecule has 1 fully saturated rings. The number of aryl methyl sites for hydroxylation is 1. The van der Waals surface area contributed by atoms with Gasteiger partial charge >= 0.3 is 0 Å². The Morgan fingerprint density at radius 3 is 2.88 bits per heavy atom. The van der Waals surface area contributed by atoms with Crippen LogP contribution in [0.3, 0.4) is 0 Å². The van der Waals surface area contributed by atoms with Crippen LogP contribution in [-0.2, 0) is 6.54 Å². The lowest BCUT2D eigenvalue weighted by Gasteiger charge is -2.11. The minimum absolute atomic E-state index is 0.620. The van der Waals surface area contributed by atoms with Crippen molar-refractivity contribution in [2.24, 2.45) is 0 Å². The maximum Gasteiger partial charge on any atom is 0.126 e. The van der Waals surface area contributed by atoms with E-state index in [1.165, 1.54) is 53.6 Å². The fourth-order valence-corrected chi connectivity index (χ4v) is 3.76. The van der Waals surface area contributed by atoms with Gasteiger partial charge in [-0.05, 0) is 43.0 Å². The summed E-state index contributed by atoms with van der Waals surface area (Å²) in [5.74, 6) is 1.52. The molecule has 1 aliphatic rings. The first-order valence-corrected chi connectivity index (χ1v) is 9.09. The van der Waals surface area contributed by atoms with Crippen molar-refractivity contribution in [3.8, 4) is 11.1 Å². The van der Waals surface area contributed by atoms with Crippen molar-refractivity contribution in [1.82, 2.24) is 15.2 Å². The van der Waals surface area contributed by atoms with Crippen LogP contribution in [0, 0.1) is 6.92 Å². The van der Waals surface area contributed by atoms with Gasteiger partial charge in [0.25, 0.3) is 0 Å². The molecule has 1 saturated carbocycles. The zero-order valence-corrected chi connectivity index (χ0v) is 14.6. The summed E-state index contributed by atoms with van der Waals surface area (Å²) >= 11 is 0. The molecule has 128 valence electrons. The number of aromatic amines is 1. The number of benzene rings is 1. The van der Waals surface area contributed by atoms with Crippen LogP contribution in [0.4, 0.5) is 5.82 Å². The molecule has 0 atom stereocenters. The van der Waals surface area contributed by atoms with Crippen LogP contribution < -0.4 is 5.32 Å². The Balaban J connectivity index is 1.53. The minimum atomic E-state index is 0.620. The monoisotopic (exact) mass is 332 g/mol. The summed E-state index contributed by atoms with van der Waals surface area (Å²) in [7, 11) is 0. The highest BCUT2D eigenvalue weighted by Crippen LogP contribution is 2.38. The van der Waals surface area contributed by atoms with E-state index in [0.29, 0.717) is 5.92 Å². The van der Waals surface area contributed by atoms with Gasteiger partial charge in [-0.1, -0.05) is 42.7 Å². The second kappa shape index (κ2) is 7.09. The first kappa shape index (κ1) is 15.9. The molecule has 25 heavy (non-hydrogen) atoms. The fraction of sp³-hybridized carbons (Fsp3) is 0.333. The van der Waals surface area contributed by atoms with Crippen molar-refractivity contribution in [2.45, 2.75) is 45.1 Å². The molecule has 4 rings (SSSR count). The zero-order chi connectivity index (χ0) is 17.1. The molecule has 2 heterocycles. The molecule has 0 bridgehead atoms. The number of nitrogens with zero attached hydrogens (tertiary/aromatic N) is 2. The predicted molar refractivity (Wildman–Crippen MR) is 102 cm³/mol. The van der Waals surface area contributed by atoms with Crippen LogP contribution in [0.1, 0.15) is 48.4 Å². The van der Waals surface area contributed by atoms with E-state index in [1.54, 1.807) is 0 Å². The van der Waals surface area contributed by atoms with Crippen LogP contribution in [0.15, 0.2) is 48.8 Å². The van der Waals surface area contributed by atoms with Crippen LogP contribution in [0.5, 0.6) is 0 Å². The van der Waals surface area contributed by atoms with E-state index in [1.807, 2.05) is 12.4 Å². The number of H-pyrrole nitrogens is 1. The Morgan fingerprint density at radius 2 is 2.04 bits per heavy atom. The first-order chi connectivity index (χ1) is 12.3. The number of anilines is 1. The maximum absolute atomic E-state index is 4.47. The molecule has 0 saturated heterocycles. The quantitative estimate of drug-likeness (QED) is 0.687. The van der Waals surface area contributed by atoms with Crippen molar-refractivity contribution < 1.29 is 0 Å². The van der Waals surface area contributed by atoms with Gasteiger partial charge in [-0.2, -0.15) is 5.10 Å². The molecule has 0 spiro atoms. The topological polar surface area (TPSA) is 53.6 Å².